The van der Waals surface area contributed by atoms with E-state index in [0.29, 0.717) is 18.2 Å². The second-order valence-corrected chi connectivity index (χ2v) is 7.04. The van der Waals surface area contributed by atoms with E-state index < -0.39 is 0 Å². The Bertz CT molecular complexity index is 847. The third-order valence-electron chi connectivity index (χ3n) is 4.98. The number of tetrazole rings is 1. The van der Waals surface area contributed by atoms with Gasteiger partial charge in [0.05, 0.1) is 12.1 Å². The van der Waals surface area contributed by atoms with Crippen molar-refractivity contribution in [2.75, 3.05) is 20.1 Å². The first-order valence-corrected chi connectivity index (χ1v) is 9.01. The zero-order valence-electron chi connectivity index (χ0n) is 15.2. The minimum atomic E-state index is 0.634. The average molecular weight is 353 g/mol. The molecule has 8 nitrogen and oxygen atoms in total. The first-order valence-electron chi connectivity index (χ1n) is 9.01. The molecule has 0 N–H and O–H groups in total. The van der Waals surface area contributed by atoms with Crippen LogP contribution in [0.2, 0.25) is 0 Å². The van der Waals surface area contributed by atoms with Gasteiger partial charge in [0.25, 0.3) is 0 Å². The lowest BCUT2D eigenvalue weighted by Crippen LogP contribution is -2.31. The van der Waals surface area contributed by atoms with E-state index in [-0.39, 0.29) is 0 Å². The molecule has 8 heteroatoms. The quantitative estimate of drug-likeness (QED) is 0.691. The van der Waals surface area contributed by atoms with Gasteiger partial charge in [-0.2, -0.15) is 9.67 Å². The SMILES string of the molecule is Cc1nnnn1-c1ccc(Cc2nc(CC3CCN(C)CC3)no2)cc1. The zero-order chi connectivity index (χ0) is 17.9. The molecule has 136 valence electrons. The number of aryl methyl sites for hydroxylation is 1. The number of aromatic nitrogens is 6. The lowest BCUT2D eigenvalue weighted by molar-refractivity contribution is 0.216. The summed E-state index contributed by atoms with van der Waals surface area (Å²) in [7, 11) is 2.18. The van der Waals surface area contributed by atoms with Crippen LogP contribution in [0.5, 0.6) is 0 Å². The standard InChI is InChI=1S/C18H23N7O/c1-13-20-22-23-25(13)16-5-3-14(4-6-16)12-18-19-17(21-26-18)11-15-7-9-24(2)10-8-15/h3-6,15H,7-12H2,1-2H3. The highest BCUT2D eigenvalue weighted by atomic mass is 16.5. The highest BCUT2D eigenvalue weighted by molar-refractivity contribution is 5.34. The molecular weight excluding hydrogens is 330 g/mol. The van der Waals surface area contributed by atoms with E-state index in [0.717, 1.165) is 42.4 Å². The molecule has 0 aliphatic carbocycles. The van der Waals surface area contributed by atoms with Crippen molar-refractivity contribution in [1.29, 1.82) is 0 Å². The molecular formula is C18H23N7O. The minimum absolute atomic E-state index is 0.634. The van der Waals surface area contributed by atoms with Gasteiger partial charge in [-0.15, -0.1) is 5.10 Å². The van der Waals surface area contributed by atoms with Gasteiger partial charge in [0.1, 0.15) is 0 Å². The number of likely N-dealkylation sites (tertiary alicyclic amines) is 1. The fraction of sp³-hybridized carbons (Fsp3) is 0.500. The summed E-state index contributed by atoms with van der Waals surface area (Å²) in [5.41, 5.74) is 2.05. The largest absolute Gasteiger partial charge is 0.339 e. The predicted molar refractivity (Wildman–Crippen MR) is 94.9 cm³/mol. The summed E-state index contributed by atoms with van der Waals surface area (Å²) in [6, 6.07) is 8.07. The van der Waals surface area contributed by atoms with Crippen LogP contribution in [-0.4, -0.2) is 55.4 Å². The highest BCUT2D eigenvalue weighted by Gasteiger charge is 2.19. The molecule has 2 aromatic heterocycles. The van der Waals surface area contributed by atoms with Gasteiger partial charge in [0.15, 0.2) is 11.6 Å². The smallest absolute Gasteiger partial charge is 0.231 e. The van der Waals surface area contributed by atoms with Crippen molar-refractivity contribution in [3.63, 3.8) is 0 Å². The molecule has 1 saturated heterocycles. The van der Waals surface area contributed by atoms with Crippen molar-refractivity contribution >= 4 is 0 Å². The van der Waals surface area contributed by atoms with E-state index >= 15 is 0 Å². The topological polar surface area (TPSA) is 85.8 Å². The first-order chi connectivity index (χ1) is 12.7. The fourth-order valence-corrected chi connectivity index (χ4v) is 3.37. The predicted octanol–water partition coefficient (Wildman–Crippen LogP) is 1.83. The molecule has 1 aliphatic rings. The Labute approximate surface area is 152 Å². The van der Waals surface area contributed by atoms with Crippen molar-refractivity contribution in [3.8, 4) is 5.69 Å². The second-order valence-electron chi connectivity index (χ2n) is 7.04. The van der Waals surface area contributed by atoms with Gasteiger partial charge < -0.3 is 9.42 Å². The molecule has 3 heterocycles. The van der Waals surface area contributed by atoms with Crippen molar-refractivity contribution in [1.82, 2.24) is 35.2 Å². The third-order valence-corrected chi connectivity index (χ3v) is 4.98. The molecule has 0 saturated carbocycles. The summed E-state index contributed by atoms with van der Waals surface area (Å²) in [5.74, 6) is 2.92. The summed E-state index contributed by atoms with van der Waals surface area (Å²) in [6.07, 6.45) is 3.96. The Morgan fingerprint density at radius 1 is 1.15 bits per heavy atom. The molecule has 1 aliphatic heterocycles. The van der Waals surface area contributed by atoms with Crippen LogP contribution in [-0.2, 0) is 12.8 Å². The van der Waals surface area contributed by atoms with Crippen LogP contribution in [0, 0.1) is 12.8 Å². The van der Waals surface area contributed by atoms with Gasteiger partial charge in [-0.25, -0.2) is 0 Å². The molecule has 0 spiro atoms. The van der Waals surface area contributed by atoms with Gasteiger partial charge >= 0.3 is 0 Å². The van der Waals surface area contributed by atoms with Crippen LogP contribution in [0.3, 0.4) is 0 Å². The monoisotopic (exact) mass is 353 g/mol. The van der Waals surface area contributed by atoms with Crippen molar-refractivity contribution in [3.05, 3.63) is 47.4 Å². The molecule has 3 aromatic rings. The van der Waals surface area contributed by atoms with Crippen LogP contribution < -0.4 is 0 Å². The van der Waals surface area contributed by atoms with Gasteiger partial charge in [-0.1, -0.05) is 17.3 Å². The Hall–Kier alpha value is -2.61. The Kier molecular flexibility index (Phi) is 4.75. The minimum Gasteiger partial charge on any atom is -0.339 e. The van der Waals surface area contributed by atoms with Crippen LogP contribution >= 0.6 is 0 Å². The molecule has 0 amide bonds. The number of nitrogens with zero attached hydrogens (tertiary/aromatic N) is 7. The summed E-state index contributed by atoms with van der Waals surface area (Å²) in [5, 5.41) is 15.7. The summed E-state index contributed by atoms with van der Waals surface area (Å²) >= 11 is 0. The van der Waals surface area contributed by atoms with Crippen molar-refractivity contribution in [2.24, 2.45) is 5.92 Å². The van der Waals surface area contributed by atoms with E-state index in [1.807, 2.05) is 31.2 Å². The molecule has 0 bridgehead atoms. The molecule has 0 unspecified atom stereocenters. The Morgan fingerprint density at radius 3 is 2.62 bits per heavy atom. The van der Waals surface area contributed by atoms with E-state index in [2.05, 4.69) is 37.6 Å². The Balaban J connectivity index is 1.37. The van der Waals surface area contributed by atoms with Crippen molar-refractivity contribution < 1.29 is 4.52 Å². The van der Waals surface area contributed by atoms with Gasteiger partial charge in [0, 0.05) is 6.42 Å². The molecule has 1 aromatic carbocycles. The Morgan fingerprint density at radius 2 is 1.92 bits per heavy atom. The van der Waals surface area contributed by atoms with Crippen LogP contribution in [0.4, 0.5) is 0 Å². The second kappa shape index (κ2) is 7.33. The maximum Gasteiger partial charge on any atom is 0.231 e. The van der Waals surface area contributed by atoms with Crippen molar-refractivity contribution in [2.45, 2.75) is 32.6 Å². The van der Waals surface area contributed by atoms with E-state index in [1.165, 1.54) is 12.8 Å². The molecule has 0 atom stereocenters. The van der Waals surface area contributed by atoms with E-state index in [4.69, 9.17) is 4.52 Å². The lowest BCUT2D eigenvalue weighted by Gasteiger charge is -2.27. The van der Waals surface area contributed by atoms with Crippen LogP contribution in [0.25, 0.3) is 5.69 Å². The van der Waals surface area contributed by atoms with E-state index in [9.17, 15) is 0 Å². The van der Waals surface area contributed by atoms with Crippen LogP contribution in [0.1, 0.15) is 35.9 Å². The molecule has 4 rings (SSSR count). The van der Waals surface area contributed by atoms with Gasteiger partial charge in [0.2, 0.25) is 5.89 Å². The number of hydrogen-bond donors (Lipinski definition) is 0. The average Bonchev–Trinajstić information content (AvgIpc) is 3.27. The first kappa shape index (κ1) is 16.8. The maximum atomic E-state index is 5.44. The summed E-state index contributed by atoms with van der Waals surface area (Å²) in [6.45, 7) is 4.18. The molecule has 1 fully saturated rings. The number of benzene rings is 1. The normalized spacial score (nSPS) is 16.2. The molecule has 0 radical (unpaired) electrons. The fourth-order valence-electron chi connectivity index (χ4n) is 3.37. The molecule has 26 heavy (non-hydrogen) atoms. The van der Waals surface area contributed by atoms with Gasteiger partial charge in [-0.3, -0.25) is 0 Å². The number of hydrogen-bond acceptors (Lipinski definition) is 7. The number of piperidine rings is 1. The summed E-state index contributed by atoms with van der Waals surface area (Å²) in [4.78, 5) is 6.95. The van der Waals surface area contributed by atoms with Crippen LogP contribution in [0.15, 0.2) is 28.8 Å². The highest BCUT2D eigenvalue weighted by Crippen LogP contribution is 2.20. The number of rotatable bonds is 5. The van der Waals surface area contributed by atoms with Gasteiger partial charge in [-0.05, 0) is 73.9 Å². The lowest BCUT2D eigenvalue weighted by atomic mass is 9.94. The zero-order valence-corrected chi connectivity index (χ0v) is 15.2. The summed E-state index contributed by atoms with van der Waals surface area (Å²) < 4.78 is 7.15. The van der Waals surface area contributed by atoms with E-state index in [1.54, 1.807) is 4.68 Å². The maximum absolute atomic E-state index is 5.44. The third kappa shape index (κ3) is 3.80.